The molecule has 7 heteroatoms. The van der Waals surface area contributed by atoms with Gasteiger partial charge in [0.25, 0.3) is 0 Å². The molecule has 0 amide bonds. The zero-order valence-electron chi connectivity index (χ0n) is 13.9. The summed E-state index contributed by atoms with van der Waals surface area (Å²) in [6.07, 6.45) is 1.93. The van der Waals surface area contributed by atoms with Crippen LogP contribution in [0.5, 0.6) is 5.75 Å². The van der Waals surface area contributed by atoms with Gasteiger partial charge < -0.3 is 15.8 Å². The van der Waals surface area contributed by atoms with Gasteiger partial charge in [0.15, 0.2) is 0 Å². The second-order valence-electron chi connectivity index (χ2n) is 5.05. The zero-order chi connectivity index (χ0) is 17.7. The van der Waals surface area contributed by atoms with Crippen LogP contribution >= 0.6 is 23.5 Å². The monoisotopic (exact) mass is 364 g/mol. The first-order valence-corrected chi connectivity index (χ1v) is 8.87. The van der Waals surface area contributed by atoms with Crippen LogP contribution in [0.4, 0.5) is 11.4 Å². The van der Waals surface area contributed by atoms with E-state index in [1.165, 1.54) is 11.9 Å². The molecule has 0 atom stereocenters. The number of nitrogens with two attached hydrogens (primary N) is 1. The molecule has 4 N–H and O–H groups in total. The third-order valence-corrected chi connectivity index (χ3v) is 4.70. The maximum absolute atomic E-state index is 8.60. The summed E-state index contributed by atoms with van der Waals surface area (Å²) in [5.74, 6) is 1.11. The van der Waals surface area contributed by atoms with Crippen molar-refractivity contribution in [3.05, 3.63) is 52.5 Å². The lowest BCUT2D eigenvalue weighted by atomic mass is 10.1. The van der Waals surface area contributed by atoms with Crippen LogP contribution in [0.2, 0.25) is 5.02 Å². The number of hydrogen-bond acceptors (Lipinski definition) is 5. The topological polar surface area (TPSA) is 74.4 Å². The number of methoxy groups -OCH3 is 1. The van der Waals surface area contributed by atoms with E-state index in [2.05, 4.69) is 5.32 Å². The normalized spacial score (nSPS) is 10.3. The quantitative estimate of drug-likeness (QED) is 0.312. The fraction of sp³-hybridized carbons (Fsp3) is 0.235. The van der Waals surface area contributed by atoms with E-state index in [-0.39, 0.29) is 0 Å². The Morgan fingerprint density at radius 1 is 1.29 bits per heavy atom. The molecule has 5 nitrogen and oxygen atoms in total. The van der Waals surface area contributed by atoms with Gasteiger partial charge in [0.2, 0.25) is 0 Å². The average Bonchev–Trinajstić information content (AvgIpc) is 2.61. The van der Waals surface area contributed by atoms with E-state index in [0.717, 1.165) is 11.3 Å². The first-order chi connectivity index (χ1) is 11.5. The predicted octanol–water partition coefficient (Wildman–Crippen LogP) is 4.08. The minimum absolute atomic E-state index is 0.306. The van der Waals surface area contributed by atoms with Gasteiger partial charge in [-0.05, 0) is 29.8 Å². The number of rotatable bonds is 6. The molecule has 0 aliphatic rings. The van der Waals surface area contributed by atoms with Crippen LogP contribution in [0.3, 0.4) is 0 Å². The third kappa shape index (κ3) is 3.88. The number of benzene rings is 2. The number of ether oxygens (including phenoxy) is 1. The summed E-state index contributed by atoms with van der Waals surface area (Å²) < 4.78 is 7.04. The molecule has 0 saturated carbocycles. The van der Waals surface area contributed by atoms with Gasteiger partial charge in [-0.25, -0.2) is 0 Å². The van der Waals surface area contributed by atoms with E-state index in [9.17, 15) is 0 Å². The van der Waals surface area contributed by atoms with Crippen LogP contribution in [0.25, 0.3) is 0 Å². The molecule has 0 radical (unpaired) electrons. The minimum Gasteiger partial charge on any atom is -0.497 e. The predicted molar refractivity (Wildman–Crippen MR) is 104 cm³/mol. The van der Waals surface area contributed by atoms with Gasteiger partial charge in [0.05, 0.1) is 35.6 Å². The molecular formula is C17H21ClN4OS. The van der Waals surface area contributed by atoms with E-state index in [4.69, 9.17) is 27.5 Å². The molecule has 0 heterocycles. The highest BCUT2D eigenvalue weighted by atomic mass is 35.5. The van der Waals surface area contributed by atoms with Crippen molar-refractivity contribution < 1.29 is 4.74 Å². The fourth-order valence-corrected chi connectivity index (χ4v) is 3.15. The molecule has 0 bridgehead atoms. The van der Waals surface area contributed by atoms with E-state index in [1.54, 1.807) is 26.3 Å². The minimum atomic E-state index is 0.306. The lowest BCUT2D eigenvalue weighted by Crippen LogP contribution is -2.25. The Kier molecular flexibility index (Phi) is 6.23. The van der Waals surface area contributed by atoms with E-state index < -0.39 is 0 Å². The van der Waals surface area contributed by atoms with Crippen LogP contribution in [0.1, 0.15) is 11.1 Å². The fourth-order valence-electron chi connectivity index (χ4n) is 2.35. The van der Waals surface area contributed by atoms with Crippen molar-refractivity contribution in [1.29, 1.82) is 5.41 Å². The van der Waals surface area contributed by atoms with Gasteiger partial charge in [0.1, 0.15) is 11.6 Å². The van der Waals surface area contributed by atoms with Gasteiger partial charge in [-0.2, -0.15) is 0 Å². The van der Waals surface area contributed by atoms with Gasteiger partial charge in [0, 0.05) is 13.3 Å². The summed E-state index contributed by atoms with van der Waals surface area (Å²) in [6, 6.07) is 11.2. The van der Waals surface area contributed by atoms with Crippen LogP contribution in [0.15, 0.2) is 36.4 Å². The van der Waals surface area contributed by atoms with Gasteiger partial charge in [-0.1, -0.05) is 35.7 Å². The van der Waals surface area contributed by atoms with Crippen LogP contribution in [0, 0.1) is 5.41 Å². The molecule has 0 spiro atoms. The Morgan fingerprint density at radius 2 is 1.96 bits per heavy atom. The van der Waals surface area contributed by atoms with Crippen LogP contribution in [-0.4, -0.2) is 30.6 Å². The van der Waals surface area contributed by atoms with Gasteiger partial charge in [-0.3, -0.25) is 9.71 Å². The number of nitrogen functional groups attached to an aromatic ring is 1. The lowest BCUT2D eigenvalue weighted by molar-refractivity contribution is 0.414. The molecule has 0 saturated heterocycles. The number of anilines is 2. The molecule has 0 aliphatic heterocycles. The van der Waals surface area contributed by atoms with E-state index >= 15 is 0 Å². The number of amidine groups is 1. The van der Waals surface area contributed by atoms with Crippen molar-refractivity contribution in [3.8, 4) is 5.75 Å². The smallest absolute Gasteiger partial charge is 0.142 e. The largest absolute Gasteiger partial charge is 0.497 e. The SMILES string of the molecule is CNc1c(N)ccc(Cl)c1C(=N)N(Cc1ccc(OC)cc1)SC. The maximum Gasteiger partial charge on any atom is 0.142 e. The first-order valence-electron chi connectivity index (χ1n) is 7.31. The summed E-state index contributed by atoms with van der Waals surface area (Å²) in [7, 11) is 3.41. The summed E-state index contributed by atoms with van der Waals surface area (Å²) in [6.45, 7) is 0.568. The first kappa shape index (κ1) is 18.3. The average molecular weight is 365 g/mol. The van der Waals surface area contributed by atoms with Crippen molar-refractivity contribution in [3.63, 3.8) is 0 Å². The third-order valence-electron chi connectivity index (χ3n) is 3.63. The van der Waals surface area contributed by atoms with Crippen molar-refractivity contribution in [2.75, 3.05) is 31.5 Å². The van der Waals surface area contributed by atoms with Crippen LogP contribution in [-0.2, 0) is 6.54 Å². The molecule has 2 aromatic rings. The molecule has 0 aliphatic carbocycles. The van der Waals surface area contributed by atoms with Crippen molar-refractivity contribution in [2.24, 2.45) is 0 Å². The molecule has 128 valence electrons. The second kappa shape index (κ2) is 8.17. The van der Waals surface area contributed by atoms with Crippen molar-refractivity contribution >= 4 is 40.8 Å². The molecule has 24 heavy (non-hydrogen) atoms. The summed E-state index contributed by atoms with van der Waals surface area (Å²) in [4.78, 5) is 0. The Balaban J connectivity index is 2.30. The highest BCUT2D eigenvalue weighted by Gasteiger charge is 2.20. The maximum atomic E-state index is 8.60. The van der Waals surface area contributed by atoms with Crippen molar-refractivity contribution in [2.45, 2.75) is 6.54 Å². The number of halogens is 1. The Bertz CT molecular complexity index is 721. The summed E-state index contributed by atoms with van der Waals surface area (Å²) >= 11 is 7.79. The molecule has 2 rings (SSSR count). The van der Waals surface area contributed by atoms with Crippen molar-refractivity contribution in [1.82, 2.24) is 4.31 Å². The van der Waals surface area contributed by atoms with Gasteiger partial charge >= 0.3 is 0 Å². The Hall–Kier alpha value is -2.05. The van der Waals surface area contributed by atoms with E-state index in [1.807, 2.05) is 34.8 Å². The molecule has 0 aromatic heterocycles. The number of nitrogens with one attached hydrogen (secondary N) is 2. The molecule has 2 aromatic carbocycles. The lowest BCUT2D eigenvalue weighted by Gasteiger charge is -2.25. The zero-order valence-corrected chi connectivity index (χ0v) is 15.5. The number of hydrogen-bond donors (Lipinski definition) is 3. The Morgan fingerprint density at radius 3 is 2.50 bits per heavy atom. The molecule has 0 fully saturated rings. The standard InChI is InChI=1S/C17H21ClN4OS/c1-21-16-14(19)9-8-13(18)15(16)17(20)22(24-3)10-11-4-6-12(23-2)7-5-11/h4-9,20-21H,10,19H2,1-3H3. The van der Waals surface area contributed by atoms with E-state index in [0.29, 0.717) is 34.3 Å². The summed E-state index contributed by atoms with van der Waals surface area (Å²) in [5, 5.41) is 12.1. The summed E-state index contributed by atoms with van der Waals surface area (Å²) in [5.41, 5.74) is 8.91. The molecule has 0 unspecified atom stereocenters. The van der Waals surface area contributed by atoms with Gasteiger partial charge in [-0.15, -0.1) is 0 Å². The second-order valence-corrected chi connectivity index (χ2v) is 6.27. The molecular weight excluding hydrogens is 344 g/mol. The highest BCUT2D eigenvalue weighted by Crippen LogP contribution is 2.32. The van der Waals surface area contributed by atoms with Crippen LogP contribution < -0.4 is 15.8 Å². The number of nitrogens with zero attached hydrogens (tertiary/aromatic N) is 1. The highest BCUT2D eigenvalue weighted by molar-refractivity contribution is 7.96. The Labute approximate surface area is 151 Å².